The van der Waals surface area contributed by atoms with E-state index in [1.165, 1.54) is 0 Å². The summed E-state index contributed by atoms with van der Waals surface area (Å²) in [5.41, 5.74) is 3.63. The van der Waals surface area contributed by atoms with E-state index in [1.807, 2.05) is 60.4 Å². The minimum atomic E-state index is -1.36. The number of nitrogens with zero attached hydrogens (tertiary/aromatic N) is 1. The second-order valence-corrected chi connectivity index (χ2v) is 11.5. The fourth-order valence-electron chi connectivity index (χ4n) is 7.02. The standard InChI is InChI=1S/C35H27ClN2O4/c1-20-7-17-28-23(19-20)12-18-29-35(26-5-3-4-6-27(26)37-34(35)41)30(32(39)21-10-15-25(42-2)16-11-21)31(38(28)29)33(40)22-8-13-24(36)14-9-22/h3-19,29-31H,1-2H3,(H,37,41)/t29-,30+,31-,35-/m1/s1. The van der Waals surface area contributed by atoms with E-state index in [9.17, 15) is 14.4 Å². The van der Waals surface area contributed by atoms with E-state index < -0.39 is 23.4 Å². The number of halogens is 1. The molecule has 1 spiro atoms. The molecule has 0 bridgehead atoms. The van der Waals surface area contributed by atoms with E-state index >= 15 is 0 Å². The number of Topliss-reactive ketones (excluding diaryl/α,β-unsaturated/α-hetero) is 2. The molecule has 0 unspecified atom stereocenters. The smallest absolute Gasteiger partial charge is 0.238 e. The van der Waals surface area contributed by atoms with Crippen molar-refractivity contribution in [3.05, 3.63) is 130 Å². The number of methoxy groups -OCH3 is 1. The van der Waals surface area contributed by atoms with Gasteiger partial charge in [-0.05, 0) is 84.8 Å². The lowest BCUT2D eigenvalue weighted by molar-refractivity contribution is -0.121. The van der Waals surface area contributed by atoms with E-state index in [1.54, 1.807) is 55.6 Å². The monoisotopic (exact) mass is 574 g/mol. The van der Waals surface area contributed by atoms with Crippen molar-refractivity contribution in [3.63, 3.8) is 0 Å². The number of aryl methyl sites for hydroxylation is 1. The number of ketones is 2. The number of benzene rings is 4. The minimum Gasteiger partial charge on any atom is -0.497 e. The molecule has 0 aliphatic carbocycles. The molecule has 7 rings (SSSR count). The highest BCUT2D eigenvalue weighted by molar-refractivity contribution is 6.30. The number of para-hydroxylation sites is 1. The number of ether oxygens (including phenoxy) is 1. The molecule has 1 amide bonds. The second-order valence-electron chi connectivity index (χ2n) is 11.0. The summed E-state index contributed by atoms with van der Waals surface area (Å²) >= 11 is 6.18. The van der Waals surface area contributed by atoms with Crippen molar-refractivity contribution < 1.29 is 19.1 Å². The number of amides is 1. The number of fused-ring (bicyclic) bond motifs is 6. The molecule has 1 fully saturated rings. The van der Waals surface area contributed by atoms with E-state index in [-0.39, 0.29) is 17.5 Å². The summed E-state index contributed by atoms with van der Waals surface area (Å²) < 4.78 is 5.33. The minimum absolute atomic E-state index is 0.251. The predicted octanol–water partition coefficient (Wildman–Crippen LogP) is 6.51. The average Bonchev–Trinajstić information content (AvgIpc) is 3.49. The van der Waals surface area contributed by atoms with Gasteiger partial charge in [-0.2, -0.15) is 0 Å². The zero-order valence-corrected chi connectivity index (χ0v) is 23.8. The number of anilines is 2. The lowest BCUT2D eigenvalue weighted by Crippen LogP contribution is -2.51. The Balaban J connectivity index is 1.52. The molecule has 7 heteroatoms. The van der Waals surface area contributed by atoms with Gasteiger partial charge in [-0.25, -0.2) is 0 Å². The second kappa shape index (κ2) is 9.71. The van der Waals surface area contributed by atoms with Crippen LogP contribution in [0.4, 0.5) is 11.4 Å². The molecule has 1 N–H and O–H groups in total. The number of carbonyl (C=O) groups is 3. The summed E-state index contributed by atoms with van der Waals surface area (Å²) in [5, 5.41) is 3.56. The van der Waals surface area contributed by atoms with Gasteiger partial charge in [0, 0.05) is 27.5 Å². The van der Waals surface area contributed by atoms with Crippen LogP contribution in [0.25, 0.3) is 6.08 Å². The molecular weight excluding hydrogens is 548 g/mol. The molecule has 208 valence electrons. The molecule has 1 saturated heterocycles. The summed E-state index contributed by atoms with van der Waals surface area (Å²) in [6.45, 7) is 2.01. The van der Waals surface area contributed by atoms with Gasteiger partial charge in [-0.3, -0.25) is 14.4 Å². The first-order valence-electron chi connectivity index (χ1n) is 13.8. The van der Waals surface area contributed by atoms with Crippen molar-refractivity contribution in [1.29, 1.82) is 0 Å². The molecule has 0 radical (unpaired) electrons. The third-order valence-corrected chi connectivity index (χ3v) is 9.09. The maximum absolute atomic E-state index is 14.8. The van der Waals surface area contributed by atoms with Crippen molar-refractivity contribution in [2.24, 2.45) is 5.92 Å². The third-order valence-electron chi connectivity index (χ3n) is 8.84. The first-order valence-corrected chi connectivity index (χ1v) is 14.2. The SMILES string of the molecule is COc1ccc(C(=O)[C@@H]2[C@H](C(=O)c3ccc(Cl)cc3)N3c4ccc(C)cc4C=C[C@@H]3[C@@]23C(=O)Nc2ccccc23)cc1. The number of nitrogens with one attached hydrogen (secondary N) is 1. The molecule has 3 aliphatic heterocycles. The largest absolute Gasteiger partial charge is 0.497 e. The Morgan fingerprint density at radius 3 is 2.33 bits per heavy atom. The van der Waals surface area contributed by atoms with Gasteiger partial charge >= 0.3 is 0 Å². The normalized spacial score (nSPS) is 23.3. The first kappa shape index (κ1) is 26.2. The number of carbonyl (C=O) groups excluding carboxylic acids is 3. The summed E-state index contributed by atoms with van der Waals surface area (Å²) in [4.78, 5) is 45.9. The summed E-state index contributed by atoms with van der Waals surface area (Å²) in [5.74, 6) is -1.26. The lowest BCUT2D eigenvalue weighted by Gasteiger charge is -2.37. The number of hydrogen-bond acceptors (Lipinski definition) is 5. The molecule has 3 heterocycles. The van der Waals surface area contributed by atoms with Crippen molar-refractivity contribution in [2.75, 3.05) is 17.3 Å². The highest BCUT2D eigenvalue weighted by Crippen LogP contribution is 2.58. The zero-order valence-electron chi connectivity index (χ0n) is 23.0. The quantitative estimate of drug-likeness (QED) is 0.275. The molecule has 3 aliphatic rings. The van der Waals surface area contributed by atoms with Crippen molar-refractivity contribution in [3.8, 4) is 5.75 Å². The van der Waals surface area contributed by atoms with Crippen LogP contribution in [0, 0.1) is 12.8 Å². The Morgan fingerprint density at radius 1 is 0.905 bits per heavy atom. The number of rotatable bonds is 5. The van der Waals surface area contributed by atoms with Crippen LogP contribution in [0.3, 0.4) is 0 Å². The Morgan fingerprint density at radius 2 is 1.60 bits per heavy atom. The van der Waals surface area contributed by atoms with Crippen molar-refractivity contribution >= 4 is 46.5 Å². The molecule has 0 saturated carbocycles. The van der Waals surface area contributed by atoms with E-state index in [0.717, 1.165) is 16.8 Å². The third kappa shape index (κ3) is 3.68. The molecular formula is C35H27ClN2O4. The van der Waals surface area contributed by atoms with Crippen molar-refractivity contribution in [2.45, 2.75) is 24.4 Å². The van der Waals surface area contributed by atoms with E-state index in [0.29, 0.717) is 33.1 Å². The molecule has 4 aromatic carbocycles. The van der Waals surface area contributed by atoms with Gasteiger partial charge in [0.25, 0.3) is 0 Å². The van der Waals surface area contributed by atoms with Crippen LogP contribution in [0.5, 0.6) is 5.75 Å². The first-order chi connectivity index (χ1) is 20.3. The fourth-order valence-corrected chi connectivity index (χ4v) is 7.14. The van der Waals surface area contributed by atoms with Gasteiger partial charge in [0.15, 0.2) is 11.6 Å². The summed E-state index contributed by atoms with van der Waals surface area (Å²) in [7, 11) is 1.56. The molecule has 42 heavy (non-hydrogen) atoms. The molecule has 0 aromatic heterocycles. The fraction of sp³-hybridized carbons (Fsp3) is 0.171. The highest BCUT2D eigenvalue weighted by Gasteiger charge is 2.70. The lowest BCUT2D eigenvalue weighted by atomic mass is 9.64. The summed E-state index contributed by atoms with van der Waals surface area (Å²) in [6.07, 6.45) is 3.98. The van der Waals surface area contributed by atoms with Crippen LogP contribution in [-0.4, -0.2) is 36.7 Å². The maximum atomic E-state index is 14.8. The summed E-state index contributed by atoms with van der Waals surface area (Å²) in [6, 6.07) is 25.5. The highest BCUT2D eigenvalue weighted by atomic mass is 35.5. The van der Waals surface area contributed by atoms with Crippen LogP contribution in [0.15, 0.2) is 97.1 Å². The molecule has 6 nitrogen and oxygen atoms in total. The molecule has 4 atom stereocenters. The van der Waals surface area contributed by atoms with Crippen molar-refractivity contribution in [1.82, 2.24) is 0 Å². The Hall–Kier alpha value is -4.68. The predicted molar refractivity (Wildman–Crippen MR) is 164 cm³/mol. The number of hydrogen-bond donors (Lipinski definition) is 1. The van der Waals surface area contributed by atoms with Crippen LogP contribution in [0.2, 0.25) is 5.02 Å². The zero-order chi connectivity index (χ0) is 29.2. The van der Waals surface area contributed by atoms with Gasteiger partial charge in [0.2, 0.25) is 5.91 Å². The van der Waals surface area contributed by atoms with E-state index in [4.69, 9.17) is 16.3 Å². The topological polar surface area (TPSA) is 75.7 Å². The Kier molecular flexibility index (Phi) is 6.06. The molecule has 4 aromatic rings. The van der Waals surface area contributed by atoms with Crippen LogP contribution in [0.1, 0.15) is 37.4 Å². The van der Waals surface area contributed by atoms with Crippen LogP contribution < -0.4 is 15.0 Å². The van der Waals surface area contributed by atoms with Gasteiger partial charge in [0.05, 0.1) is 19.1 Å². The van der Waals surface area contributed by atoms with Gasteiger partial charge in [-0.1, -0.05) is 53.6 Å². The Bertz CT molecular complexity index is 1800. The van der Waals surface area contributed by atoms with Gasteiger partial charge in [-0.15, -0.1) is 0 Å². The van der Waals surface area contributed by atoms with E-state index in [2.05, 4.69) is 11.4 Å². The maximum Gasteiger partial charge on any atom is 0.238 e. The van der Waals surface area contributed by atoms with Crippen LogP contribution in [-0.2, 0) is 10.2 Å². The van der Waals surface area contributed by atoms with Gasteiger partial charge < -0.3 is 15.0 Å². The Labute approximate surface area is 248 Å². The van der Waals surface area contributed by atoms with Gasteiger partial charge in [0.1, 0.15) is 17.2 Å². The van der Waals surface area contributed by atoms with Crippen LogP contribution >= 0.6 is 11.6 Å². The average molecular weight is 575 g/mol.